The number of hydrogen-bond donors (Lipinski definition) is 1. The molecule has 1 fully saturated rings. The number of unbranched alkanes of at least 4 members (excludes halogenated alkanes) is 2. The molecule has 0 aliphatic carbocycles. The predicted octanol–water partition coefficient (Wildman–Crippen LogP) is 2.10. The summed E-state index contributed by atoms with van der Waals surface area (Å²) in [7, 11) is 0. The van der Waals surface area contributed by atoms with Crippen molar-refractivity contribution >= 4 is 11.9 Å². The van der Waals surface area contributed by atoms with Gasteiger partial charge in [-0.15, -0.1) is 0 Å². The summed E-state index contributed by atoms with van der Waals surface area (Å²) in [5.41, 5.74) is 0. The number of nitrogens with zero attached hydrogens (tertiary/aromatic N) is 1. The van der Waals surface area contributed by atoms with Crippen LogP contribution in [0.1, 0.15) is 59.3 Å². The lowest BCUT2D eigenvalue weighted by Gasteiger charge is -2.37. The van der Waals surface area contributed by atoms with E-state index in [-0.39, 0.29) is 24.0 Å². The molecule has 1 N–H and O–H groups in total. The largest absolute Gasteiger partial charge is 0.465 e. The zero-order valence-electron chi connectivity index (χ0n) is 13.7. The summed E-state index contributed by atoms with van der Waals surface area (Å²) in [4.78, 5) is 26.3. The Morgan fingerprint density at radius 2 is 2.05 bits per heavy atom. The van der Waals surface area contributed by atoms with Crippen LogP contribution in [0.4, 0.5) is 0 Å². The average Bonchev–Trinajstić information content (AvgIpc) is 2.51. The topological polar surface area (TPSA) is 58.6 Å². The van der Waals surface area contributed by atoms with Crippen molar-refractivity contribution in [2.45, 2.75) is 71.4 Å². The number of ether oxygens (including phenoxy) is 1. The minimum atomic E-state index is -0.277. The number of esters is 1. The molecule has 0 saturated carbocycles. The van der Waals surface area contributed by atoms with Crippen molar-refractivity contribution in [1.29, 1.82) is 0 Å². The van der Waals surface area contributed by atoms with Crippen molar-refractivity contribution in [3.8, 4) is 0 Å². The van der Waals surface area contributed by atoms with Crippen molar-refractivity contribution in [1.82, 2.24) is 10.2 Å². The molecule has 5 nitrogen and oxygen atoms in total. The van der Waals surface area contributed by atoms with Crippen LogP contribution in [-0.2, 0) is 14.3 Å². The number of rotatable bonds is 8. The SMILES string of the molecule is CCCCCNC(=O)C(C)N1CCCCC1C(=O)OCC. The van der Waals surface area contributed by atoms with Crippen molar-refractivity contribution in [2.24, 2.45) is 0 Å². The summed E-state index contributed by atoms with van der Waals surface area (Å²) >= 11 is 0. The lowest BCUT2D eigenvalue weighted by Crippen LogP contribution is -2.54. The van der Waals surface area contributed by atoms with Crippen molar-refractivity contribution in [2.75, 3.05) is 19.7 Å². The smallest absolute Gasteiger partial charge is 0.323 e. The quantitative estimate of drug-likeness (QED) is 0.551. The third kappa shape index (κ3) is 5.65. The molecular formula is C16H30N2O3. The Kier molecular flexibility index (Phi) is 8.35. The summed E-state index contributed by atoms with van der Waals surface area (Å²) in [6, 6.07) is -0.545. The zero-order chi connectivity index (χ0) is 15.7. The highest BCUT2D eigenvalue weighted by Crippen LogP contribution is 2.21. The van der Waals surface area contributed by atoms with Gasteiger partial charge in [0.05, 0.1) is 12.6 Å². The number of likely N-dealkylation sites (tertiary alicyclic amines) is 1. The fraction of sp³-hybridized carbons (Fsp3) is 0.875. The van der Waals surface area contributed by atoms with E-state index >= 15 is 0 Å². The van der Waals surface area contributed by atoms with E-state index in [1.54, 1.807) is 0 Å². The number of carbonyl (C=O) groups is 2. The highest BCUT2D eigenvalue weighted by Gasteiger charge is 2.35. The Bertz CT molecular complexity index is 333. The van der Waals surface area contributed by atoms with Gasteiger partial charge in [-0.1, -0.05) is 26.2 Å². The van der Waals surface area contributed by atoms with Crippen LogP contribution in [0.25, 0.3) is 0 Å². The second-order valence-corrected chi connectivity index (χ2v) is 5.68. The Morgan fingerprint density at radius 1 is 1.29 bits per heavy atom. The first-order chi connectivity index (χ1) is 10.1. The van der Waals surface area contributed by atoms with Gasteiger partial charge in [0.15, 0.2) is 0 Å². The maximum Gasteiger partial charge on any atom is 0.323 e. The monoisotopic (exact) mass is 298 g/mol. The van der Waals surface area contributed by atoms with E-state index in [1.807, 2.05) is 18.7 Å². The van der Waals surface area contributed by atoms with Crippen LogP contribution in [0.3, 0.4) is 0 Å². The van der Waals surface area contributed by atoms with Crippen LogP contribution in [0.2, 0.25) is 0 Å². The minimum Gasteiger partial charge on any atom is -0.465 e. The molecule has 1 aliphatic heterocycles. The molecule has 0 radical (unpaired) electrons. The van der Waals surface area contributed by atoms with Crippen LogP contribution < -0.4 is 5.32 Å². The van der Waals surface area contributed by atoms with Gasteiger partial charge < -0.3 is 10.1 Å². The highest BCUT2D eigenvalue weighted by molar-refractivity contribution is 5.83. The van der Waals surface area contributed by atoms with Gasteiger partial charge in [-0.3, -0.25) is 14.5 Å². The molecule has 5 heteroatoms. The standard InChI is InChI=1S/C16H30N2O3/c1-4-6-8-11-17-15(19)13(3)18-12-9-7-10-14(18)16(20)21-5-2/h13-14H,4-12H2,1-3H3,(H,17,19). The fourth-order valence-electron chi connectivity index (χ4n) is 2.79. The van der Waals surface area contributed by atoms with E-state index in [2.05, 4.69) is 12.2 Å². The summed E-state index contributed by atoms with van der Waals surface area (Å²) in [6.07, 6.45) is 6.11. The van der Waals surface area contributed by atoms with E-state index in [0.29, 0.717) is 6.61 Å². The molecule has 0 spiro atoms. The Morgan fingerprint density at radius 3 is 2.71 bits per heavy atom. The molecule has 21 heavy (non-hydrogen) atoms. The molecule has 0 aromatic rings. The van der Waals surface area contributed by atoms with E-state index in [9.17, 15) is 9.59 Å². The summed E-state index contributed by atoms with van der Waals surface area (Å²) < 4.78 is 5.14. The molecule has 1 saturated heterocycles. The Balaban J connectivity index is 2.53. The lowest BCUT2D eigenvalue weighted by molar-refractivity contribution is -0.153. The molecule has 0 aromatic carbocycles. The molecule has 2 unspecified atom stereocenters. The minimum absolute atomic E-state index is 0.0160. The number of amides is 1. The van der Waals surface area contributed by atoms with Gasteiger partial charge in [-0.25, -0.2) is 0 Å². The van der Waals surface area contributed by atoms with Gasteiger partial charge in [0, 0.05) is 6.54 Å². The molecule has 1 heterocycles. The van der Waals surface area contributed by atoms with E-state index in [1.165, 1.54) is 0 Å². The van der Waals surface area contributed by atoms with Crippen LogP contribution in [0.15, 0.2) is 0 Å². The van der Waals surface area contributed by atoms with E-state index < -0.39 is 0 Å². The second kappa shape index (κ2) is 9.77. The maximum atomic E-state index is 12.2. The van der Waals surface area contributed by atoms with Crippen LogP contribution in [-0.4, -0.2) is 48.6 Å². The highest BCUT2D eigenvalue weighted by atomic mass is 16.5. The van der Waals surface area contributed by atoms with Gasteiger partial charge in [-0.05, 0) is 39.7 Å². The first kappa shape index (κ1) is 18.0. The van der Waals surface area contributed by atoms with Gasteiger partial charge in [0.1, 0.15) is 6.04 Å². The van der Waals surface area contributed by atoms with Crippen LogP contribution >= 0.6 is 0 Å². The van der Waals surface area contributed by atoms with Gasteiger partial charge in [0.2, 0.25) is 5.91 Å². The number of carbonyl (C=O) groups excluding carboxylic acids is 2. The summed E-state index contributed by atoms with van der Waals surface area (Å²) in [6.45, 7) is 7.73. The van der Waals surface area contributed by atoms with Crippen molar-refractivity contribution in [3.63, 3.8) is 0 Å². The van der Waals surface area contributed by atoms with E-state index in [0.717, 1.165) is 51.6 Å². The molecule has 1 amide bonds. The molecule has 2 atom stereocenters. The summed E-state index contributed by atoms with van der Waals surface area (Å²) in [5, 5.41) is 2.97. The van der Waals surface area contributed by atoms with Crippen molar-refractivity contribution in [3.05, 3.63) is 0 Å². The zero-order valence-corrected chi connectivity index (χ0v) is 13.7. The number of piperidine rings is 1. The fourth-order valence-corrected chi connectivity index (χ4v) is 2.79. The van der Waals surface area contributed by atoms with Gasteiger partial charge in [0.25, 0.3) is 0 Å². The van der Waals surface area contributed by atoms with Gasteiger partial charge in [-0.2, -0.15) is 0 Å². The maximum absolute atomic E-state index is 12.2. The third-order valence-electron chi connectivity index (χ3n) is 4.06. The van der Waals surface area contributed by atoms with Crippen molar-refractivity contribution < 1.29 is 14.3 Å². The van der Waals surface area contributed by atoms with Crippen LogP contribution in [0.5, 0.6) is 0 Å². The second-order valence-electron chi connectivity index (χ2n) is 5.68. The van der Waals surface area contributed by atoms with E-state index in [4.69, 9.17) is 4.74 Å². The lowest BCUT2D eigenvalue weighted by atomic mass is 10.00. The predicted molar refractivity (Wildman–Crippen MR) is 83.0 cm³/mol. The third-order valence-corrected chi connectivity index (χ3v) is 4.06. The molecule has 0 aromatic heterocycles. The molecule has 1 rings (SSSR count). The first-order valence-corrected chi connectivity index (χ1v) is 8.31. The molecule has 0 bridgehead atoms. The molecular weight excluding hydrogens is 268 g/mol. The number of nitrogens with one attached hydrogen (secondary N) is 1. The Labute approximate surface area is 128 Å². The first-order valence-electron chi connectivity index (χ1n) is 8.31. The van der Waals surface area contributed by atoms with Gasteiger partial charge >= 0.3 is 5.97 Å². The van der Waals surface area contributed by atoms with Crippen LogP contribution in [0, 0.1) is 0 Å². The normalized spacial score (nSPS) is 20.8. The molecule has 122 valence electrons. The average molecular weight is 298 g/mol. The number of hydrogen-bond acceptors (Lipinski definition) is 4. The molecule has 1 aliphatic rings. The summed E-state index contributed by atoms with van der Waals surface area (Å²) in [5.74, 6) is -0.176. The Hall–Kier alpha value is -1.10.